The third kappa shape index (κ3) is 3.58. The van der Waals surface area contributed by atoms with E-state index in [2.05, 4.69) is 38.3 Å². The van der Waals surface area contributed by atoms with Crippen LogP contribution in [0.3, 0.4) is 0 Å². The van der Waals surface area contributed by atoms with Crippen molar-refractivity contribution in [3.05, 3.63) is 0 Å². The molecule has 0 aromatic rings. The van der Waals surface area contributed by atoms with Crippen LogP contribution in [0.4, 0.5) is 0 Å². The van der Waals surface area contributed by atoms with Gasteiger partial charge in [-0.3, -0.25) is 0 Å². The maximum Gasteiger partial charge on any atom is 0.0304 e. The Morgan fingerprint density at radius 3 is 2.50 bits per heavy atom. The van der Waals surface area contributed by atoms with E-state index in [4.69, 9.17) is 0 Å². The van der Waals surface area contributed by atoms with Crippen molar-refractivity contribution in [1.29, 1.82) is 0 Å². The molecule has 14 heavy (non-hydrogen) atoms. The Morgan fingerprint density at radius 2 is 2.07 bits per heavy atom. The van der Waals surface area contributed by atoms with Crippen molar-refractivity contribution in [3.63, 3.8) is 0 Å². The van der Waals surface area contributed by atoms with Gasteiger partial charge in [-0.2, -0.15) is 0 Å². The number of rotatable bonds is 4. The summed E-state index contributed by atoms with van der Waals surface area (Å²) in [5, 5.41) is 7.24. The molecule has 2 N–H and O–H groups in total. The average molecular weight is 198 g/mol. The first-order chi connectivity index (χ1) is 6.47. The first kappa shape index (κ1) is 12.0. The van der Waals surface area contributed by atoms with E-state index >= 15 is 0 Å². The molecule has 1 saturated heterocycles. The van der Waals surface area contributed by atoms with Gasteiger partial charge in [0.1, 0.15) is 0 Å². The van der Waals surface area contributed by atoms with Gasteiger partial charge in [-0.05, 0) is 31.2 Å². The van der Waals surface area contributed by atoms with Gasteiger partial charge in [0.15, 0.2) is 0 Å². The van der Waals surface area contributed by atoms with Crippen molar-refractivity contribution in [3.8, 4) is 0 Å². The molecule has 1 aliphatic rings. The number of hydrogen-bond donors (Lipinski definition) is 2. The Labute approximate surface area is 88.8 Å². The van der Waals surface area contributed by atoms with E-state index < -0.39 is 0 Å². The van der Waals surface area contributed by atoms with Gasteiger partial charge in [0.2, 0.25) is 0 Å². The number of hydrogen-bond acceptors (Lipinski definition) is 2. The zero-order chi connectivity index (χ0) is 10.7. The quantitative estimate of drug-likeness (QED) is 0.723. The Hall–Kier alpha value is -0.0800. The minimum atomic E-state index is 0.394. The average Bonchev–Trinajstić information content (AvgIpc) is 2.52. The molecule has 0 radical (unpaired) electrons. The molecule has 0 amide bonds. The summed E-state index contributed by atoms with van der Waals surface area (Å²) >= 11 is 0. The van der Waals surface area contributed by atoms with Crippen LogP contribution in [0.5, 0.6) is 0 Å². The molecule has 0 aromatic carbocycles. The summed E-state index contributed by atoms with van der Waals surface area (Å²) in [6.45, 7) is 12.6. The molecule has 1 heterocycles. The van der Waals surface area contributed by atoms with Gasteiger partial charge >= 0.3 is 0 Å². The topological polar surface area (TPSA) is 24.1 Å². The first-order valence-electron chi connectivity index (χ1n) is 5.93. The van der Waals surface area contributed by atoms with Crippen LogP contribution in [0.1, 0.15) is 47.0 Å². The monoisotopic (exact) mass is 198 g/mol. The second kappa shape index (κ2) is 4.63. The molecule has 1 unspecified atom stereocenters. The maximum atomic E-state index is 3.64. The summed E-state index contributed by atoms with van der Waals surface area (Å²) in [7, 11) is 0. The first-order valence-corrected chi connectivity index (χ1v) is 5.93. The normalized spacial score (nSPS) is 28.3. The minimum Gasteiger partial charge on any atom is -0.314 e. The molecule has 1 fully saturated rings. The molecule has 84 valence electrons. The fourth-order valence-electron chi connectivity index (χ4n) is 2.12. The number of nitrogens with one attached hydrogen (secondary N) is 2. The molecule has 0 bridgehead atoms. The van der Waals surface area contributed by atoms with Gasteiger partial charge in [-0.15, -0.1) is 0 Å². The van der Waals surface area contributed by atoms with Crippen LogP contribution in [-0.4, -0.2) is 25.2 Å². The highest BCUT2D eigenvalue weighted by Gasteiger charge is 2.31. The zero-order valence-electron chi connectivity index (χ0n) is 10.2. The highest BCUT2D eigenvalue weighted by Crippen LogP contribution is 2.22. The second-order valence-electron chi connectivity index (χ2n) is 5.83. The van der Waals surface area contributed by atoms with Gasteiger partial charge in [-0.25, -0.2) is 0 Å². The van der Waals surface area contributed by atoms with Crippen LogP contribution in [-0.2, 0) is 0 Å². The lowest BCUT2D eigenvalue weighted by atomic mass is 9.92. The molecule has 0 spiro atoms. The van der Waals surface area contributed by atoms with E-state index in [1.807, 2.05) is 0 Å². The highest BCUT2D eigenvalue weighted by molar-refractivity contribution is 4.93. The largest absolute Gasteiger partial charge is 0.314 e. The van der Waals surface area contributed by atoms with Crippen molar-refractivity contribution in [2.45, 2.75) is 52.5 Å². The summed E-state index contributed by atoms with van der Waals surface area (Å²) in [6.07, 6.45) is 3.91. The van der Waals surface area contributed by atoms with Gasteiger partial charge in [0, 0.05) is 18.6 Å². The van der Waals surface area contributed by atoms with Crippen LogP contribution in [0.15, 0.2) is 0 Å². The van der Waals surface area contributed by atoms with Crippen LogP contribution < -0.4 is 10.6 Å². The smallest absolute Gasteiger partial charge is 0.0304 e. The second-order valence-corrected chi connectivity index (χ2v) is 5.83. The summed E-state index contributed by atoms with van der Waals surface area (Å²) < 4.78 is 0. The molecule has 0 aliphatic carbocycles. The lowest BCUT2D eigenvalue weighted by Crippen LogP contribution is -2.49. The van der Waals surface area contributed by atoms with E-state index in [1.54, 1.807) is 0 Å². The Bertz CT molecular complexity index is 164. The van der Waals surface area contributed by atoms with Crippen molar-refractivity contribution in [1.82, 2.24) is 10.6 Å². The van der Waals surface area contributed by atoms with Crippen LogP contribution >= 0.6 is 0 Å². The molecule has 1 rings (SSSR count). The summed E-state index contributed by atoms with van der Waals surface area (Å²) in [5.41, 5.74) is 0.790. The Kier molecular flexibility index (Phi) is 3.96. The molecule has 2 nitrogen and oxygen atoms in total. The Balaban J connectivity index is 2.28. The van der Waals surface area contributed by atoms with E-state index in [0.717, 1.165) is 13.1 Å². The fourth-order valence-corrected chi connectivity index (χ4v) is 2.12. The van der Waals surface area contributed by atoms with Crippen molar-refractivity contribution in [2.75, 3.05) is 19.6 Å². The highest BCUT2D eigenvalue weighted by atomic mass is 15.1. The van der Waals surface area contributed by atoms with E-state index in [-0.39, 0.29) is 0 Å². The molecular formula is C12H26N2. The maximum absolute atomic E-state index is 3.64. The van der Waals surface area contributed by atoms with Crippen molar-refractivity contribution >= 4 is 0 Å². The van der Waals surface area contributed by atoms with Gasteiger partial charge in [0.05, 0.1) is 0 Å². The summed E-state index contributed by atoms with van der Waals surface area (Å²) in [6, 6.07) is 0. The molecule has 0 saturated carbocycles. The molecule has 0 aromatic heterocycles. The molecule has 2 heteroatoms. The molecule has 1 atom stereocenters. The van der Waals surface area contributed by atoms with Gasteiger partial charge in [-0.1, -0.05) is 27.7 Å². The molecular weight excluding hydrogens is 172 g/mol. The van der Waals surface area contributed by atoms with Gasteiger partial charge < -0.3 is 10.6 Å². The molecule has 1 aliphatic heterocycles. The van der Waals surface area contributed by atoms with Crippen LogP contribution in [0.2, 0.25) is 0 Å². The van der Waals surface area contributed by atoms with Crippen molar-refractivity contribution in [2.24, 2.45) is 5.41 Å². The van der Waals surface area contributed by atoms with E-state index in [9.17, 15) is 0 Å². The van der Waals surface area contributed by atoms with Crippen LogP contribution in [0, 0.1) is 5.41 Å². The predicted octanol–water partition coefficient (Wildman–Crippen LogP) is 2.15. The summed E-state index contributed by atoms with van der Waals surface area (Å²) in [4.78, 5) is 0. The van der Waals surface area contributed by atoms with Crippen LogP contribution in [0.25, 0.3) is 0 Å². The van der Waals surface area contributed by atoms with Crippen molar-refractivity contribution < 1.29 is 0 Å². The zero-order valence-corrected chi connectivity index (χ0v) is 10.2. The summed E-state index contributed by atoms with van der Waals surface area (Å²) in [5.74, 6) is 0. The predicted molar refractivity (Wildman–Crippen MR) is 62.6 cm³/mol. The third-order valence-corrected chi connectivity index (χ3v) is 3.13. The standard InChI is InChI=1S/C12H26N2/c1-5-12(7-6-8-14-12)10-13-9-11(2,3)4/h13-14H,5-10H2,1-4H3. The van der Waals surface area contributed by atoms with E-state index in [0.29, 0.717) is 11.0 Å². The minimum absolute atomic E-state index is 0.394. The van der Waals surface area contributed by atoms with E-state index in [1.165, 1.54) is 25.8 Å². The lowest BCUT2D eigenvalue weighted by Gasteiger charge is -2.30. The Morgan fingerprint density at radius 1 is 1.36 bits per heavy atom. The lowest BCUT2D eigenvalue weighted by molar-refractivity contribution is 0.304. The van der Waals surface area contributed by atoms with Gasteiger partial charge in [0.25, 0.3) is 0 Å². The third-order valence-electron chi connectivity index (χ3n) is 3.13. The fraction of sp³-hybridized carbons (Fsp3) is 1.00. The SMILES string of the molecule is CCC1(CNCC(C)(C)C)CCCN1.